The Bertz CT molecular complexity index is 1030. The van der Waals surface area contributed by atoms with Crippen LogP contribution in [-0.4, -0.2) is 20.9 Å². The van der Waals surface area contributed by atoms with Gasteiger partial charge in [-0.3, -0.25) is 0 Å². The van der Waals surface area contributed by atoms with Crippen LogP contribution in [-0.2, 0) is 11.3 Å². The molecule has 3 N–H and O–H groups in total. The number of nitrogens with zero attached hydrogens (tertiary/aromatic N) is 4. The normalized spacial score (nSPS) is 10.1. The number of nitrogens with two attached hydrogens (primary N) is 1. The van der Waals surface area contributed by atoms with Crippen molar-refractivity contribution in [2.45, 2.75) is 13.5 Å². The van der Waals surface area contributed by atoms with Crippen molar-refractivity contribution in [1.82, 2.24) is 15.0 Å². The molecule has 0 saturated heterocycles. The fourth-order valence-corrected chi connectivity index (χ4v) is 2.32. The molecule has 0 aliphatic heterocycles. The van der Waals surface area contributed by atoms with Crippen LogP contribution in [0.1, 0.15) is 27.3 Å². The number of rotatable bonds is 5. The lowest BCUT2D eigenvalue weighted by Gasteiger charge is -2.09. The van der Waals surface area contributed by atoms with Crippen molar-refractivity contribution in [2.24, 2.45) is 0 Å². The maximum Gasteiger partial charge on any atom is 0.338 e. The van der Waals surface area contributed by atoms with Gasteiger partial charge in [0, 0.05) is 5.69 Å². The van der Waals surface area contributed by atoms with Gasteiger partial charge in [-0.2, -0.15) is 20.2 Å². The Kier molecular flexibility index (Phi) is 5.23. The third-order valence-electron chi connectivity index (χ3n) is 3.65. The number of hydrogen-bond acceptors (Lipinski definition) is 8. The number of carbonyl (C=O) groups is 1. The van der Waals surface area contributed by atoms with Crippen molar-refractivity contribution in [3.8, 4) is 6.07 Å². The molecule has 8 heteroatoms. The van der Waals surface area contributed by atoms with Crippen molar-refractivity contribution in [1.29, 1.82) is 5.26 Å². The first-order chi connectivity index (χ1) is 13.0. The number of benzene rings is 2. The fraction of sp³-hybridized carbons (Fsp3) is 0.105. The first-order valence-electron chi connectivity index (χ1n) is 8.05. The Morgan fingerprint density at radius 2 is 2.00 bits per heavy atom. The molecule has 3 aromatic rings. The minimum absolute atomic E-state index is 0.0126. The van der Waals surface area contributed by atoms with E-state index < -0.39 is 5.97 Å². The molecule has 1 heterocycles. The molecule has 2 aromatic carbocycles. The lowest BCUT2D eigenvalue weighted by Crippen LogP contribution is -2.11. The molecule has 27 heavy (non-hydrogen) atoms. The number of anilines is 3. The van der Waals surface area contributed by atoms with Crippen molar-refractivity contribution in [3.05, 3.63) is 71.0 Å². The highest BCUT2D eigenvalue weighted by atomic mass is 16.5. The van der Waals surface area contributed by atoms with Crippen LogP contribution in [0, 0.1) is 18.3 Å². The van der Waals surface area contributed by atoms with E-state index in [4.69, 9.17) is 15.7 Å². The molecule has 0 fully saturated rings. The van der Waals surface area contributed by atoms with Gasteiger partial charge in [-0.1, -0.05) is 24.3 Å². The van der Waals surface area contributed by atoms with E-state index in [0.29, 0.717) is 5.56 Å². The number of hydrogen-bond donors (Lipinski definition) is 2. The number of aryl methyl sites for hydroxylation is 1. The summed E-state index contributed by atoms with van der Waals surface area (Å²) >= 11 is 0. The number of nitrogen functional groups attached to an aromatic ring is 1. The molecule has 0 bridgehead atoms. The number of ether oxygens (including phenoxy) is 1. The Labute approximate surface area is 155 Å². The van der Waals surface area contributed by atoms with Crippen molar-refractivity contribution >= 4 is 23.6 Å². The molecule has 0 amide bonds. The Morgan fingerprint density at radius 1 is 1.19 bits per heavy atom. The summed E-state index contributed by atoms with van der Waals surface area (Å²) in [5, 5.41) is 12.0. The van der Waals surface area contributed by atoms with Gasteiger partial charge in [0.2, 0.25) is 11.9 Å². The van der Waals surface area contributed by atoms with Crippen LogP contribution in [0.4, 0.5) is 17.6 Å². The molecule has 8 nitrogen and oxygen atoms in total. The van der Waals surface area contributed by atoms with Crippen LogP contribution in [0.3, 0.4) is 0 Å². The topological polar surface area (TPSA) is 127 Å². The maximum atomic E-state index is 12.1. The highest BCUT2D eigenvalue weighted by Gasteiger charge is 2.11. The van der Waals surface area contributed by atoms with Crippen LogP contribution < -0.4 is 11.1 Å². The number of esters is 1. The first kappa shape index (κ1) is 17.8. The van der Waals surface area contributed by atoms with E-state index in [0.717, 1.165) is 11.3 Å². The Hall–Kier alpha value is -3.99. The quantitative estimate of drug-likeness (QED) is 0.665. The second-order valence-corrected chi connectivity index (χ2v) is 5.64. The van der Waals surface area contributed by atoms with Gasteiger partial charge in [0.15, 0.2) is 12.4 Å². The summed E-state index contributed by atoms with van der Waals surface area (Å²) < 4.78 is 5.21. The third-order valence-corrected chi connectivity index (χ3v) is 3.65. The molecule has 0 saturated carbocycles. The Balaban J connectivity index is 1.72. The molecule has 3 rings (SSSR count). The first-order valence-corrected chi connectivity index (χ1v) is 8.05. The van der Waals surface area contributed by atoms with Crippen LogP contribution in [0.15, 0.2) is 48.5 Å². The fourth-order valence-electron chi connectivity index (χ4n) is 2.32. The lowest BCUT2D eigenvalue weighted by atomic mass is 10.1. The van der Waals surface area contributed by atoms with Crippen molar-refractivity contribution < 1.29 is 9.53 Å². The molecular weight excluding hydrogens is 344 g/mol. The second kappa shape index (κ2) is 7.93. The molecule has 0 atom stereocenters. The van der Waals surface area contributed by atoms with E-state index in [-0.39, 0.29) is 29.9 Å². The molecule has 134 valence electrons. The molecular formula is C19H16N6O2. The summed E-state index contributed by atoms with van der Waals surface area (Å²) in [4.78, 5) is 24.4. The maximum absolute atomic E-state index is 12.1. The smallest absolute Gasteiger partial charge is 0.338 e. The molecule has 0 radical (unpaired) electrons. The number of nitriles is 1. The van der Waals surface area contributed by atoms with E-state index in [9.17, 15) is 4.79 Å². The zero-order valence-electron chi connectivity index (χ0n) is 14.5. The van der Waals surface area contributed by atoms with E-state index in [2.05, 4.69) is 20.3 Å². The summed E-state index contributed by atoms with van der Waals surface area (Å²) in [5.41, 5.74) is 8.22. The van der Waals surface area contributed by atoms with Crippen molar-refractivity contribution in [2.75, 3.05) is 11.1 Å². The Morgan fingerprint density at radius 3 is 2.78 bits per heavy atom. The van der Waals surface area contributed by atoms with Crippen LogP contribution in [0.25, 0.3) is 0 Å². The number of carbonyl (C=O) groups excluding carboxylic acids is 1. The molecule has 0 spiro atoms. The third kappa shape index (κ3) is 4.55. The zero-order chi connectivity index (χ0) is 19.2. The highest BCUT2D eigenvalue weighted by molar-refractivity contribution is 5.89. The van der Waals surface area contributed by atoms with E-state index in [1.165, 1.54) is 6.07 Å². The second-order valence-electron chi connectivity index (χ2n) is 5.64. The van der Waals surface area contributed by atoms with Gasteiger partial charge in [0.25, 0.3) is 0 Å². The lowest BCUT2D eigenvalue weighted by molar-refractivity contribution is 0.0462. The molecule has 1 aromatic heterocycles. The summed E-state index contributed by atoms with van der Waals surface area (Å²) in [6, 6.07) is 15.9. The van der Waals surface area contributed by atoms with E-state index in [1.807, 2.05) is 37.3 Å². The van der Waals surface area contributed by atoms with Gasteiger partial charge in [0.05, 0.1) is 17.2 Å². The minimum atomic E-state index is -0.584. The molecule has 0 aliphatic carbocycles. The minimum Gasteiger partial charge on any atom is -0.454 e. The zero-order valence-corrected chi connectivity index (χ0v) is 14.5. The summed E-state index contributed by atoms with van der Waals surface area (Å²) in [6.45, 7) is 1.77. The summed E-state index contributed by atoms with van der Waals surface area (Å²) in [7, 11) is 0. The average molecular weight is 360 g/mol. The largest absolute Gasteiger partial charge is 0.454 e. The number of aromatic nitrogens is 3. The average Bonchev–Trinajstić information content (AvgIpc) is 2.67. The summed E-state index contributed by atoms with van der Waals surface area (Å²) in [5.74, 6) is -0.101. The van der Waals surface area contributed by atoms with Gasteiger partial charge in [-0.15, -0.1) is 0 Å². The van der Waals surface area contributed by atoms with E-state index >= 15 is 0 Å². The highest BCUT2D eigenvalue weighted by Crippen LogP contribution is 2.18. The van der Waals surface area contributed by atoms with Crippen LogP contribution in [0.5, 0.6) is 0 Å². The molecule has 0 aliphatic rings. The standard InChI is InChI=1S/C19H16N6O2/c1-12-5-2-3-8-15(12)22-19-24-16(23-18(21)25-19)11-27-17(26)14-7-4-6-13(9-14)10-20/h2-9H,11H2,1H3,(H3,21,22,23,24,25). The van der Waals surface area contributed by atoms with Gasteiger partial charge in [0.1, 0.15) is 0 Å². The van der Waals surface area contributed by atoms with Crippen LogP contribution in [0.2, 0.25) is 0 Å². The van der Waals surface area contributed by atoms with E-state index in [1.54, 1.807) is 18.2 Å². The number of para-hydroxylation sites is 1. The van der Waals surface area contributed by atoms with Crippen molar-refractivity contribution in [3.63, 3.8) is 0 Å². The monoisotopic (exact) mass is 360 g/mol. The van der Waals surface area contributed by atoms with Gasteiger partial charge in [-0.05, 0) is 36.8 Å². The predicted octanol–water partition coefficient (Wildman–Crippen LogP) is 2.73. The summed E-state index contributed by atoms with van der Waals surface area (Å²) in [6.07, 6.45) is 0. The van der Waals surface area contributed by atoms with Gasteiger partial charge < -0.3 is 15.8 Å². The van der Waals surface area contributed by atoms with Gasteiger partial charge in [-0.25, -0.2) is 4.79 Å². The number of nitrogens with one attached hydrogen (secondary N) is 1. The predicted molar refractivity (Wildman–Crippen MR) is 99.0 cm³/mol. The SMILES string of the molecule is Cc1ccccc1Nc1nc(N)nc(COC(=O)c2cccc(C#N)c2)n1. The van der Waals surface area contributed by atoms with Gasteiger partial charge >= 0.3 is 5.97 Å². The molecule has 0 unspecified atom stereocenters. The van der Waals surface area contributed by atoms with Crippen LogP contribution >= 0.6 is 0 Å².